The molecular weight excluding hydrogens is 204 g/mol. The van der Waals surface area contributed by atoms with Crippen LogP contribution in [0.15, 0.2) is 0 Å². The van der Waals surface area contributed by atoms with E-state index in [-0.39, 0.29) is 0 Å². The first kappa shape index (κ1) is 13.9. The van der Waals surface area contributed by atoms with Crippen LogP contribution in [0.5, 0.6) is 0 Å². The van der Waals surface area contributed by atoms with Crippen molar-refractivity contribution >= 4 is 0 Å². The van der Waals surface area contributed by atoms with E-state index >= 15 is 0 Å². The van der Waals surface area contributed by atoms with E-state index in [2.05, 4.69) is 25.8 Å². The Morgan fingerprint density at radius 2 is 2.19 bits per heavy atom. The third kappa shape index (κ3) is 5.25. The van der Waals surface area contributed by atoms with Gasteiger partial charge in [0.2, 0.25) is 0 Å². The lowest BCUT2D eigenvalue weighted by Crippen LogP contribution is -2.38. The second kappa shape index (κ2) is 7.22. The molecule has 1 rings (SSSR count). The summed E-state index contributed by atoms with van der Waals surface area (Å²) in [7, 11) is 2.13. The fraction of sp³-hybridized carbons (Fsp3) is 1.00. The van der Waals surface area contributed by atoms with Crippen molar-refractivity contribution in [2.45, 2.75) is 38.8 Å². The molecule has 0 aromatic rings. The maximum atomic E-state index is 6.02. The Hall–Kier alpha value is -0.160. The van der Waals surface area contributed by atoms with Gasteiger partial charge in [0.15, 0.2) is 0 Å². The molecule has 16 heavy (non-hydrogen) atoms. The molecule has 0 aromatic carbocycles. The monoisotopic (exact) mass is 230 g/mol. The molecule has 1 aliphatic heterocycles. The highest BCUT2D eigenvalue weighted by Crippen LogP contribution is 2.09. The highest BCUT2D eigenvalue weighted by atomic mass is 16.7. The van der Waals surface area contributed by atoms with Gasteiger partial charge in [0.1, 0.15) is 6.79 Å². The maximum absolute atomic E-state index is 6.02. The van der Waals surface area contributed by atoms with E-state index in [0.29, 0.717) is 24.9 Å². The smallest absolute Gasteiger partial charge is 0.147 e. The Labute approximate surface area is 99.1 Å². The minimum atomic E-state index is 0.304. The summed E-state index contributed by atoms with van der Waals surface area (Å²) in [6.07, 6.45) is 2.38. The number of hydrogen-bond donors (Lipinski definition) is 1. The molecule has 1 heterocycles. The molecule has 96 valence electrons. The minimum Gasteiger partial charge on any atom is -0.355 e. The van der Waals surface area contributed by atoms with Crippen LogP contribution in [0.1, 0.15) is 26.7 Å². The third-order valence-electron chi connectivity index (χ3n) is 3.19. The summed E-state index contributed by atoms with van der Waals surface area (Å²) >= 11 is 0. The molecule has 2 atom stereocenters. The molecule has 1 saturated heterocycles. The summed E-state index contributed by atoms with van der Waals surface area (Å²) in [6.45, 7) is 7.64. The van der Waals surface area contributed by atoms with E-state index < -0.39 is 0 Å². The number of likely N-dealkylation sites (N-methyl/N-ethyl adjacent to an activating group) is 1. The van der Waals surface area contributed by atoms with Gasteiger partial charge in [-0.15, -0.1) is 0 Å². The molecule has 4 heteroatoms. The fourth-order valence-electron chi connectivity index (χ4n) is 1.79. The van der Waals surface area contributed by atoms with Crippen LogP contribution in [0, 0.1) is 5.92 Å². The molecule has 0 saturated carbocycles. The molecule has 0 aromatic heterocycles. The zero-order valence-corrected chi connectivity index (χ0v) is 10.8. The molecular formula is C12H26N2O2. The van der Waals surface area contributed by atoms with Crippen LogP contribution in [0.4, 0.5) is 0 Å². The number of nitrogens with two attached hydrogens (primary N) is 1. The lowest BCUT2D eigenvalue weighted by molar-refractivity contribution is -0.143. The fourth-order valence-corrected chi connectivity index (χ4v) is 1.79. The number of rotatable bonds is 6. The summed E-state index contributed by atoms with van der Waals surface area (Å²) in [5.41, 5.74) is 6.02. The van der Waals surface area contributed by atoms with E-state index in [9.17, 15) is 0 Å². The molecule has 0 spiro atoms. The Morgan fingerprint density at radius 1 is 1.44 bits per heavy atom. The van der Waals surface area contributed by atoms with Crippen LogP contribution >= 0.6 is 0 Å². The van der Waals surface area contributed by atoms with E-state index in [1.165, 1.54) is 0 Å². The highest BCUT2D eigenvalue weighted by Gasteiger charge is 2.16. The first-order valence-electron chi connectivity index (χ1n) is 6.23. The van der Waals surface area contributed by atoms with E-state index in [4.69, 9.17) is 15.2 Å². The molecule has 1 fully saturated rings. The maximum Gasteiger partial charge on any atom is 0.147 e. The standard InChI is InChI=1S/C12H26N2O2/c1-10(2)12(13)4-6-14(3)8-11-5-7-15-9-16-11/h10-12H,4-9,13H2,1-3H3. The van der Waals surface area contributed by atoms with Crippen LogP contribution in [0.3, 0.4) is 0 Å². The summed E-state index contributed by atoms with van der Waals surface area (Å²) in [6, 6.07) is 0.304. The van der Waals surface area contributed by atoms with Gasteiger partial charge >= 0.3 is 0 Å². The predicted molar refractivity (Wildman–Crippen MR) is 65.2 cm³/mol. The average Bonchev–Trinajstić information content (AvgIpc) is 2.27. The van der Waals surface area contributed by atoms with Crippen molar-refractivity contribution in [1.82, 2.24) is 4.90 Å². The SMILES string of the molecule is CC(C)C(N)CCN(C)CC1CCOCO1. The second-order valence-electron chi connectivity index (χ2n) is 5.06. The Bertz CT molecular complexity index is 182. The van der Waals surface area contributed by atoms with Gasteiger partial charge < -0.3 is 20.1 Å². The summed E-state index contributed by atoms with van der Waals surface area (Å²) in [4.78, 5) is 2.30. The lowest BCUT2D eigenvalue weighted by Gasteiger charge is -2.28. The zero-order chi connectivity index (χ0) is 12.0. The molecule has 1 aliphatic rings. The van der Waals surface area contributed by atoms with Crippen LogP contribution in [0.25, 0.3) is 0 Å². The minimum absolute atomic E-state index is 0.304. The van der Waals surface area contributed by atoms with Gasteiger partial charge in [-0.25, -0.2) is 0 Å². The lowest BCUT2D eigenvalue weighted by atomic mass is 10.0. The summed E-state index contributed by atoms with van der Waals surface area (Å²) in [5, 5.41) is 0. The van der Waals surface area contributed by atoms with E-state index in [0.717, 1.165) is 32.5 Å². The molecule has 0 amide bonds. The molecule has 0 bridgehead atoms. The molecule has 2 unspecified atom stereocenters. The normalized spacial score (nSPS) is 24.0. The molecule has 0 aliphatic carbocycles. The van der Waals surface area contributed by atoms with Gasteiger partial charge in [0.05, 0.1) is 12.7 Å². The van der Waals surface area contributed by atoms with Crippen molar-refractivity contribution in [3.63, 3.8) is 0 Å². The number of nitrogens with zero attached hydrogens (tertiary/aromatic N) is 1. The Morgan fingerprint density at radius 3 is 2.75 bits per heavy atom. The first-order valence-corrected chi connectivity index (χ1v) is 6.23. The number of hydrogen-bond acceptors (Lipinski definition) is 4. The van der Waals surface area contributed by atoms with Crippen molar-refractivity contribution in [3.05, 3.63) is 0 Å². The molecule has 2 N–H and O–H groups in total. The average molecular weight is 230 g/mol. The van der Waals surface area contributed by atoms with Gasteiger partial charge in [-0.05, 0) is 32.4 Å². The van der Waals surface area contributed by atoms with Gasteiger partial charge in [-0.2, -0.15) is 0 Å². The van der Waals surface area contributed by atoms with Crippen molar-refractivity contribution < 1.29 is 9.47 Å². The summed E-state index contributed by atoms with van der Waals surface area (Å²) in [5.74, 6) is 0.563. The predicted octanol–water partition coefficient (Wildman–Crippen LogP) is 1.05. The largest absolute Gasteiger partial charge is 0.355 e. The van der Waals surface area contributed by atoms with Crippen molar-refractivity contribution in [2.24, 2.45) is 11.7 Å². The summed E-state index contributed by atoms with van der Waals surface area (Å²) < 4.78 is 10.7. The Kier molecular flexibility index (Phi) is 6.28. The Balaban J connectivity index is 2.12. The van der Waals surface area contributed by atoms with Crippen LogP contribution < -0.4 is 5.73 Å². The van der Waals surface area contributed by atoms with Crippen molar-refractivity contribution in [3.8, 4) is 0 Å². The highest BCUT2D eigenvalue weighted by molar-refractivity contribution is 4.70. The quantitative estimate of drug-likeness (QED) is 0.741. The van der Waals surface area contributed by atoms with Crippen LogP contribution in [-0.4, -0.2) is 50.6 Å². The van der Waals surface area contributed by atoms with Gasteiger partial charge in [-0.1, -0.05) is 13.8 Å². The topological polar surface area (TPSA) is 47.7 Å². The first-order chi connectivity index (χ1) is 7.59. The van der Waals surface area contributed by atoms with Crippen LogP contribution in [0.2, 0.25) is 0 Å². The van der Waals surface area contributed by atoms with Gasteiger partial charge in [-0.3, -0.25) is 0 Å². The van der Waals surface area contributed by atoms with E-state index in [1.807, 2.05) is 0 Å². The van der Waals surface area contributed by atoms with E-state index in [1.54, 1.807) is 0 Å². The second-order valence-corrected chi connectivity index (χ2v) is 5.06. The van der Waals surface area contributed by atoms with Crippen molar-refractivity contribution in [2.75, 3.05) is 33.5 Å². The molecule has 4 nitrogen and oxygen atoms in total. The third-order valence-corrected chi connectivity index (χ3v) is 3.19. The number of ether oxygens (including phenoxy) is 2. The molecule has 0 radical (unpaired) electrons. The van der Waals surface area contributed by atoms with Crippen LogP contribution in [-0.2, 0) is 9.47 Å². The zero-order valence-electron chi connectivity index (χ0n) is 10.8. The van der Waals surface area contributed by atoms with Gasteiger partial charge in [0, 0.05) is 12.6 Å². The van der Waals surface area contributed by atoms with Gasteiger partial charge in [0.25, 0.3) is 0 Å². The van der Waals surface area contributed by atoms with Crippen molar-refractivity contribution in [1.29, 1.82) is 0 Å².